The van der Waals surface area contributed by atoms with Crippen LogP contribution in [0.25, 0.3) is 0 Å². The lowest BCUT2D eigenvalue weighted by Gasteiger charge is -2.15. The van der Waals surface area contributed by atoms with E-state index >= 15 is 0 Å². The summed E-state index contributed by atoms with van der Waals surface area (Å²) >= 11 is 5.37. The number of methoxy groups -OCH3 is 1. The summed E-state index contributed by atoms with van der Waals surface area (Å²) in [6.45, 7) is 2.16. The normalized spacial score (nSPS) is 10.2. The van der Waals surface area contributed by atoms with Gasteiger partial charge in [0.15, 0.2) is 5.11 Å². The number of nitro groups is 1. The molecule has 0 aliphatic carbocycles. The number of non-ortho nitro benzene ring substituents is 1. The maximum Gasteiger partial charge on any atom is 0.273 e. The molecule has 25 heavy (non-hydrogen) atoms. The third-order valence-electron chi connectivity index (χ3n) is 3.71. The second kappa shape index (κ2) is 8.98. The van der Waals surface area contributed by atoms with Crippen molar-refractivity contribution in [2.24, 2.45) is 0 Å². The summed E-state index contributed by atoms with van der Waals surface area (Å²) in [6.07, 6.45) is 3.20. The van der Waals surface area contributed by atoms with Gasteiger partial charge in [0.25, 0.3) is 5.69 Å². The predicted molar refractivity (Wildman–Crippen MR) is 105 cm³/mol. The summed E-state index contributed by atoms with van der Waals surface area (Å²) in [5.74, 6) is 0.359. The highest BCUT2D eigenvalue weighted by molar-refractivity contribution is 7.80. The molecule has 6 nitrogen and oxygen atoms in total. The third-order valence-corrected chi connectivity index (χ3v) is 3.91. The van der Waals surface area contributed by atoms with E-state index in [0.29, 0.717) is 16.5 Å². The van der Waals surface area contributed by atoms with Gasteiger partial charge in [-0.1, -0.05) is 31.5 Å². The van der Waals surface area contributed by atoms with Crippen LogP contribution in [0.3, 0.4) is 0 Å². The Kier molecular flexibility index (Phi) is 6.71. The molecule has 0 amide bonds. The molecule has 0 unspecified atom stereocenters. The zero-order chi connectivity index (χ0) is 18.2. The van der Waals surface area contributed by atoms with Gasteiger partial charge in [0.05, 0.1) is 23.8 Å². The molecule has 0 aliphatic heterocycles. The molecule has 2 rings (SSSR count). The molecule has 2 aromatic rings. The average Bonchev–Trinajstić information content (AvgIpc) is 2.61. The molecule has 0 fully saturated rings. The van der Waals surface area contributed by atoms with Gasteiger partial charge in [0.1, 0.15) is 5.75 Å². The number of para-hydroxylation sites is 1. The molecule has 0 aromatic heterocycles. The van der Waals surface area contributed by atoms with Crippen LogP contribution in [-0.2, 0) is 6.42 Å². The van der Waals surface area contributed by atoms with Gasteiger partial charge in [-0.25, -0.2) is 0 Å². The number of anilines is 2. The van der Waals surface area contributed by atoms with Crippen LogP contribution in [0.15, 0.2) is 42.5 Å². The number of nitrogens with one attached hydrogen (secondary N) is 2. The predicted octanol–water partition coefficient (Wildman–Crippen LogP) is 4.75. The Labute approximate surface area is 152 Å². The van der Waals surface area contributed by atoms with Crippen LogP contribution >= 0.6 is 12.2 Å². The van der Waals surface area contributed by atoms with E-state index in [0.717, 1.165) is 24.9 Å². The molecule has 0 spiro atoms. The zero-order valence-electron chi connectivity index (χ0n) is 14.2. The molecule has 0 saturated carbocycles. The first-order valence-electron chi connectivity index (χ1n) is 8.03. The maximum absolute atomic E-state index is 10.9. The highest BCUT2D eigenvalue weighted by Gasteiger charge is 2.12. The van der Waals surface area contributed by atoms with E-state index in [1.165, 1.54) is 24.8 Å². The first-order valence-corrected chi connectivity index (χ1v) is 8.44. The first-order chi connectivity index (χ1) is 12.0. The quantitative estimate of drug-likeness (QED) is 0.422. The Morgan fingerprint density at radius 1 is 1.20 bits per heavy atom. The number of nitro benzene ring substituents is 1. The minimum absolute atomic E-state index is 0.0359. The third kappa shape index (κ3) is 5.15. The van der Waals surface area contributed by atoms with Gasteiger partial charge >= 0.3 is 0 Å². The van der Waals surface area contributed by atoms with Crippen molar-refractivity contribution in [1.29, 1.82) is 0 Å². The molecule has 132 valence electrons. The van der Waals surface area contributed by atoms with Crippen molar-refractivity contribution in [3.05, 3.63) is 58.1 Å². The van der Waals surface area contributed by atoms with Gasteiger partial charge in [-0.3, -0.25) is 10.1 Å². The number of rotatable bonds is 7. The summed E-state index contributed by atoms with van der Waals surface area (Å²) in [5.41, 5.74) is 2.68. The number of aryl methyl sites for hydroxylation is 1. The van der Waals surface area contributed by atoms with Gasteiger partial charge in [0.2, 0.25) is 0 Å². The number of benzene rings is 2. The second-order valence-electron chi connectivity index (χ2n) is 5.48. The fourth-order valence-corrected chi connectivity index (χ4v) is 2.62. The number of unbranched alkanes of at least 4 members (excludes halogenated alkanes) is 1. The standard InChI is InChI=1S/C18H21N3O3S/c1-3-4-7-13-8-5-6-9-15(13)19-18(25)20-16-11-10-14(21(22)23)12-17(16)24-2/h5-6,8-12H,3-4,7H2,1-2H3,(H2,19,20,25). The highest BCUT2D eigenvalue weighted by atomic mass is 32.1. The Morgan fingerprint density at radius 2 is 1.92 bits per heavy atom. The Bertz CT molecular complexity index is 765. The minimum Gasteiger partial charge on any atom is -0.494 e. The van der Waals surface area contributed by atoms with E-state index < -0.39 is 4.92 Å². The van der Waals surface area contributed by atoms with Crippen molar-refractivity contribution in [1.82, 2.24) is 0 Å². The second-order valence-corrected chi connectivity index (χ2v) is 5.89. The Balaban J connectivity index is 2.12. The number of hydrogen-bond acceptors (Lipinski definition) is 4. The summed E-state index contributed by atoms with van der Waals surface area (Å²) < 4.78 is 5.21. The van der Waals surface area contributed by atoms with Gasteiger partial charge < -0.3 is 15.4 Å². The van der Waals surface area contributed by atoms with Crippen LogP contribution in [0.1, 0.15) is 25.3 Å². The van der Waals surface area contributed by atoms with E-state index in [-0.39, 0.29) is 5.69 Å². The largest absolute Gasteiger partial charge is 0.494 e. The van der Waals surface area contributed by atoms with Crippen molar-refractivity contribution in [2.45, 2.75) is 26.2 Å². The summed E-state index contributed by atoms with van der Waals surface area (Å²) in [7, 11) is 1.46. The highest BCUT2D eigenvalue weighted by Crippen LogP contribution is 2.29. The van der Waals surface area contributed by atoms with Crippen LogP contribution in [0.2, 0.25) is 0 Å². The Morgan fingerprint density at radius 3 is 2.60 bits per heavy atom. The number of thiocarbonyl (C=S) groups is 1. The van der Waals surface area contributed by atoms with Gasteiger partial charge in [-0.2, -0.15) is 0 Å². The van der Waals surface area contributed by atoms with E-state index in [1.807, 2.05) is 18.2 Å². The molecule has 0 bridgehead atoms. The smallest absolute Gasteiger partial charge is 0.273 e. The van der Waals surface area contributed by atoms with Crippen LogP contribution in [0, 0.1) is 10.1 Å². The van der Waals surface area contributed by atoms with Crippen molar-refractivity contribution in [3.8, 4) is 5.75 Å². The number of hydrogen-bond donors (Lipinski definition) is 2. The lowest BCUT2D eigenvalue weighted by molar-refractivity contribution is -0.384. The number of nitrogens with zero attached hydrogens (tertiary/aromatic N) is 1. The van der Waals surface area contributed by atoms with Crippen molar-refractivity contribution >= 4 is 34.4 Å². The topological polar surface area (TPSA) is 76.4 Å². The lowest BCUT2D eigenvalue weighted by Crippen LogP contribution is -2.20. The zero-order valence-corrected chi connectivity index (χ0v) is 15.1. The van der Waals surface area contributed by atoms with E-state index in [9.17, 15) is 10.1 Å². The monoisotopic (exact) mass is 359 g/mol. The Hall–Kier alpha value is -2.67. The molecule has 7 heteroatoms. The van der Waals surface area contributed by atoms with Crippen LogP contribution in [0.4, 0.5) is 17.1 Å². The summed E-state index contributed by atoms with van der Waals surface area (Å²) in [5, 5.41) is 17.5. The van der Waals surface area contributed by atoms with Gasteiger partial charge in [0, 0.05) is 11.8 Å². The van der Waals surface area contributed by atoms with E-state index in [4.69, 9.17) is 17.0 Å². The van der Waals surface area contributed by atoms with Gasteiger partial charge in [-0.05, 0) is 42.8 Å². The molecule has 0 atom stereocenters. The van der Waals surface area contributed by atoms with Crippen LogP contribution in [0.5, 0.6) is 5.75 Å². The molecule has 2 N–H and O–H groups in total. The maximum atomic E-state index is 10.9. The van der Waals surface area contributed by atoms with Gasteiger partial charge in [-0.15, -0.1) is 0 Å². The molecular formula is C18H21N3O3S. The van der Waals surface area contributed by atoms with Crippen molar-refractivity contribution in [2.75, 3.05) is 17.7 Å². The molecule has 2 aromatic carbocycles. The summed E-state index contributed by atoms with van der Waals surface area (Å²) in [4.78, 5) is 10.4. The first kappa shape index (κ1) is 18.7. The summed E-state index contributed by atoms with van der Waals surface area (Å²) in [6, 6.07) is 12.4. The number of ether oxygens (including phenoxy) is 1. The lowest BCUT2D eigenvalue weighted by atomic mass is 10.1. The molecule has 0 saturated heterocycles. The molecule has 0 radical (unpaired) electrons. The minimum atomic E-state index is -0.465. The molecule has 0 heterocycles. The van der Waals surface area contributed by atoms with Crippen molar-refractivity contribution in [3.63, 3.8) is 0 Å². The average molecular weight is 359 g/mol. The molecular weight excluding hydrogens is 338 g/mol. The van der Waals surface area contributed by atoms with Crippen molar-refractivity contribution < 1.29 is 9.66 Å². The SMILES string of the molecule is CCCCc1ccccc1NC(=S)Nc1ccc([N+](=O)[O-])cc1OC. The molecule has 0 aliphatic rings. The van der Waals surface area contributed by atoms with Crippen LogP contribution in [-0.4, -0.2) is 17.1 Å². The van der Waals surface area contributed by atoms with E-state index in [2.05, 4.69) is 23.6 Å². The van der Waals surface area contributed by atoms with E-state index in [1.54, 1.807) is 6.07 Å². The fourth-order valence-electron chi connectivity index (χ4n) is 2.40. The fraction of sp³-hybridized carbons (Fsp3) is 0.278. The van der Waals surface area contributed by atoms with Crippen LogP contribution < -0.4 is 15.4 Å².